The molecular weight excluding hydrogens is 554 g/mol. The molecule has 0 spiro atoms. The van der Waals surface area contributed by atoms with Crippen molar-refractivity contribution in [2.24, 2.45) is 0 Å². The second kappa shape index (κ2) is 11.6. The van der Waals surface area contributed by atoms with Crippen LogP contribution in [-0.4, -0.2) is 34.6 Å². The second-order valence-electron chi connectivity index (χ2n) is 7.69. The topological polar surface area (TPSA) is 72.9 Å². The molecule has 1 aliphatic rings. The van der Waals surface area contributed by atoms with Crippen molar-refractivity contribution in [1.29, 1.82) is 0 Å². The van der Waals surface area contributed by atoms with Crippen molar-refractivity contribution in [2.75, 3.05) is 24.6 Å². The number of nitrogens with zero attached hydrogens (tertiary/aromatic N) is 1. The zero-order chi connectivity index (χ0) is 27.4. The van der Waals surface area contributed by atoms with Crippen LogP contribution >= 0.6 is 23.2 Å². The average molecular weight is 576 g/mol. The minimum atomic E-state index is -4.66. The lowest BCUT2D eigenvalue weighted by molar-refractivity contribution is -0.140. The number of hydrogen-bond acceptors (Lipinski definition) is 5. The van der Waals surface area contributed by atoms with Crippen LogP contribution in [0, 0.1) is 0 Å². The molecular formula is C25H22Cl2F3NO5S. The van der Waals surface area contributed by atoms with E-state index in [0.717, 1.165) is 22.5 Å². The SMILES string of the molecule is CCC(=O)OC.O=S(=O)(c1cccc(C(F)(F)F)c1)N1CCOc2cc(Cl)c(-c3cccc(Cl)c3)cc21. The molecule has 0 aromatic heterocycles. The van der Waals surface area contributed by atoms with Crippen LogP contribution in [0.4, 0.5) is 18.9 Å². The third kappa shape index (κ3) is 6.68. The minimum absolute atomic E-state index is 0.0258. The van der Waals surface area contributed by atoms with Gasteiger partial charge < -0.3 is 9.47 Å². The molecule has 4 rings (SSSR count). The first-order valence-corrected chi connectivity index (χ1v) is 13.1. The van der Waals surface area contributed by atoms with E-state index in [0.29, 0.717) is 33.7 Å². The molecule has 0 aliphatic carbocycles. The van der Waals surface area contributed by atoms with Gasteiger partial charge >= 0.3 is 12.1 Å². The van der Waals surface area contributed by atoms with Crippen molar-refractivity contribution >= 4 is 44.9 Å². The molecule has 3 aromatic carbocycles. The highest BCUT2D eigenvalue weighted by molar-refractivity contribution is 7.92. The Morgan fingerprint density at radius 1 is 1.08 bits per heavy atom. The second-order valence-corrected chi connectivity index (χ2v) is 10.4. The van der Waals surface area contributed by atoms with Gasteiger partial charge in [0.05, 0.1) is 34.8 Å². The maximum atomic E-state index is 13.3. The maximum absolute atomic E-state index is 13.3. The van der Waals surface area contributed by atoms with Gasteiger partial charge in [0, 0.05) is 23.1 Å². The van der Waals surface area contributed by atoms with Gasteiger partial charge in [0.25, 0.3) is 10.0 Å². The minimum Gasteiger partial charge on any atom is -0.489 e. The number of esters is 1. The summed E-state index contributed by atoms with van der Waals surface area (Å²) < 4.78 is 76.7. The van der Waals surface area contributed by atoms with Crippen LogP contribution in [0.1, 0.15) is 18.9 Å². The molecule has 1 aliphatic heterocycles. The Morgan fingerprint density at radius 2 is 1.78 bits per heavy atom. The zero-order valence-electron chi connectivity index (χ0n) is 19.7. The van der Waals surface area contributed by atoms with Gasteiger partial charge in [-0.2, -0.15) is 13.2 Å². The Kier molecular flexibility index (Phi) is 8.99. The number of hydrogen-bond donors (Lipinski definition) is 0. The van der Waals surface area contributed by atoms with E-state index in [-0.39, 0.29) is 30.6 Å². The van der Waals surface area contributed by atoms with E-state index in [2.05, 4.69) is 4.74 Å². The largest absolute Gasteiger partial charge is 0.489 e. The number of fused-ring (bicyclic) bond motifs is 1. The first kappa shape index (κ1) is 28.6. The number of ether oxygens (including phenoxy) is 2. The number of carbonyl (C=O) groups is 1. The van der Waals surface area contributed by atoms with Crippen molar-refractivity contribution in [3.63, 3.8) is 0 Å². The van der Waals surface area contributed by atoms with Gasteiger partial charge in [0.2, 0.25) is 0 Å². The van der Waals surface area contributed by atoms with Gasteiger partial charge in [-0.25, -0.2) is 8.42 Å². The van der Waals surface area contributed by atoms with E-state index >= 15 is 0 Å². The van der Waals surface area contributed by atoms with E-state index in [1.807, 2.05) is 0 Å². The van der Waals surface area contributed by atoms with E-state index in [1.165, 1.54) is 19.2 Å². The Morgan fingerprint density at radius 3 is 2.38 bits per heavy atom. The molecule has 0 amide bonds. The smallest absolute Gasteiger partial charge is 0.416 e. The fraction of sp³-hybridized carbons (Fsp3) is 0.240. The van der Waals surface area contributed by atoms with E-state index in [9.17, 15) is 26.4 Å². The average Bonchev–Trinajstić information content (AvgIpc) is 2.87. The molecule has 0 atom stereocenters. The van der Waals surface area contributed by atoms with E-state index in [1.54, 1.807) is 31.2 Å². The quantitative estimate of drug-likeness (QED) is 0.318. The molecule has 0 saturated heterocycles. The summed E-state index contributed by atoms with van der Waals surface area (Å²) >= 11 is 12.4. The summed E-state index contributed by atoms with van der Waals surface area (Å²) in [5.41, 5.74) is 0.306. The van der Waals surface area contributed by atoms with E-state index < -0.39 is 26.7 Å². The Hall–Kier alpha value is -2.95. The van der Waals surface area contributed by atoms with Gasteiger partial charge in [-0.1, -0.05) is 48.3 Å². The standard InChI is InChI=1S/C21H14Cl2F3NO3S.C4H8O2/c22-15-5-1-3-13(9-15)17-11-19-20(12-18(17)23)30-8-7-27(19)31(28,29)16-6-2-4-14(10-16)21(24,25)26;1-3-4(5)6-2/h1-6,9-12H,7-8H2;3H2,1-2H3. The highest BCUT2D eigenvalue weighted by atomic mass is 35.5. The fourth-order valence-corrected chi connectivity index (χ4v) is 5.39. The number of alkyl halides is 3. The van der Waals surface area contributed by atoms with Gasteiger partial charge in [-0.3, -0.25) is 9.10 Å². The zero-order valence-corrected chi connectivity index (χ0v) is 22.0. The molecule has 198 valence electrons. The molecule has 6 nitrogen and oxygen atoms in total. The van der Waals surface area contributed by atoms with Gasteiger partial charge in [0.15, 0.2) is 0 Å². The lowest BCUT2D eigenvalue weighted by Gasteiger charge is -2.31. The molecule has 37 heavy (non-hydrogen) atoms. The molecule has 0 N–H and O–H groups in total. The normalized spacial score (nSPS) is 13.1. The predicted octanol–water partition coefficient (Wildman–Crippen LogP) is 6.84. The number of rotatable bonds is 4. The van der Waals surface area contributed by atoms with Crippen molar-refractivity contribution in [1.82, 2.24) is 0 Å². The van der Waals surface area contributed by atoms with Crippen molar-refractivity contribution in [3.05, 3.63) is 76.3 Å². The molecule has 0 unspecified atom stereocenters. The van der Waals surface area contributed by atoms with Crippen LogP contribution in [0.2, 0.25) is 10.0 Å². The van der Waals surface area contributed by atoms with Crippen LogP contribution in [-0.2, 0) is 25.7 Å². The molecule has 0 bridgehead atoms. The highest BCUT2D eigenvalue weighted by Crippen LogP contribution is 2.43. The van der Waals surface area contributed by atoms with Gasteiger partial charge in [-0.05, 0) is 42.0 Å². The molecule has 0 fully saturated rings. The van der Waals surface area contributed by atoms with Crippen molar-refractivity contribution in [3.8, 4) is 16.9 Å². The number of sulfonamides is 1. The van der Waals surface area contributed by atoms with Crippen LogP contribution in [0.25, 0.3) is 11.1 Å². The molecule has 0 saturated carbocycles. The Bertz CT molecular complexity index is 1390. The third-order valence-corrected chi connectivity index (χ3v) is 7.63. The third-order valence-electron chi connectivity index (χ3n) is 5.27. The molecule has 3 aromatic rings. The van der Waals surface area contributed by atoms with Crippen LogP contribution in [0.15, 0.2) is 65.6 Å². The summed E-state index contributed by atoms with van der Waals surface area (Å²) in [4.78, 5) is 9.49. The number of carbonyl (C=O) groups excluding carboxylic acids is 1. The molecule has 12 heteroatoms. The van der Waals surface area contributed by atoms with Crippen LogP contribution in [0.3, 0.4) is 0 Å². The lowest BCUT2D eigenvalue weighted by Crippen LogP contribution is -2.38. The van der Waals surface area contributed by atoms with Crippen LogP contribution < -0.4 is 9.04 Å². The summed E-state index contributed by atoms with van der Waals surface area (Å²) in [7, 11) is -2.91. The number of methoxy groups -OCH3 is 1. The first-order chi connectivity index (χ1) is 17.4. The summed E-state index contributed by atoms with van der Waals surface area (Å²) in [5, 5.41) is 0.787. The summed E-state index contributed by atoms with van der Waals surface area (Å²) in [5.74, 6) is 0.0626. The molecule has 0 radical (unpaired) electrons. The number of anilines is 1. The monoisotopic (exact) mass is 575 g/mol. The fourth-order valence-electron chi connectivity index (χ4n) is 3.44. The summed E-state index contributed by atoms with van der Waals surface area (Å²) in [6.07, 6.45) is -4.20. The van der Waals surface area contributed by atoms with Crippen molar-refractivity contribution in [2.45, 2.75) is 24.4 Å². The first-order valence-electron chi connectivity index (χ1n) is 10.9. The molecule has 1 heterocycles. The number of halogens is 5. The van der Waals surface area contributed by atoms with Crippen molar-refractivity contribution < 1.29 is 35.9 Å². The summed E-state index contributed by atoms with van der Waals surface area (Å²) in [6, 6.07) is 13.5. The van der Waals surface area contributed by atoms with Gasteiger partial charge in [0.1, 0.15) is 12.4 Å². The van der Waals surface area contributed by atoms with Gasteiger partial charge in [-0.15, -0.1) is 0 Å². The van der Waals surface area contributed by atoms with Crippen LogP contribution in [0.5, 0.6) is 5.75 Å². The maximum Gasteiger partial charge on any atom is 0.416 e. The lowest BCUT2D eigenvalue weighted by atomic mass is 10.0. The highest BCUT2D eigenvalue weighted by Gasteiger charge is 2.35. The number of benzene rings is 3. The summed E-state index contributed by atoms with van der Waals surface area (Å²) in [6.45, 7) is 1.71. The Labute approximate surface area is 222 Å². The predicted molar refractivity (Wildman–Crippen MR) is 136 cm³/mol. The Balaban J connectivity index is 0.000000568. The van der Waals surface area contributed by atoms with E-state index in [4.69, 9.17) is 27.9 Å².